The number of carbonyl (C=O) groups excluding carboxylic acids is 2. The summed E-state index contributed by atoms with van der Waals surface area (Å²) in [5, 5.41) is 23.4. The van der Waals surface area contributed by atoms with Crippen molar-refractivity contribution in [2.24, 2.45) is 0 Å². The SMILES string of the molecule is O=C([O-])[C@H](CCO)NC(=O)C1(c2ccc(Cl)cc2Cl)CCCC1.[K+]. The fraction of sp³-hybridized carbons (Fsp3) is 0.500. The van der Waals surface area contributed by atoms with Crippen LogP contribution in [0.3, 0.4) is 0 Å². The van der Waals surface area contributed by atoms with E-state index in [0.717, 1.165) is 12.8 Å². The fourth-order valence-electron chi connectivity index (χ4n) is 3.15. The van der Waals surface area contributed by atoms with Crippen LogP contribution < -0.4 is 61.8 Å². The maximum atomic E-state index is 12.8. The van der Waals surface area contributed by atoms with Crippen LogP contribution in [0.2, 0.25) is 10.0 Å². The van der Waals surface area contributed by atoms with Gasteiger partial charge in [-0.05, 0) is 37.0 Å². The summed E-state index contributed by atoms with van der Waals surface area (Å²) in [6, 6.07) is 3.74. The average Bonchev–Trinajstić information content (AvgIpc) is 2.97. The molecule has 0 aromatic heterocycles. The molecule has 1 aromatic rings. The fourth-order valence-corrected chi connectivity index (χ4v) is 3.74. The van der Waals surface area contributed by atoms with E-state index in [9.17, 15) is 14.7 Å². The first-order chi connectivity index (χ1) is 10.9. The molecule has 0 radical (unpaired) electrons. The van der Waals surface area contributed by atoms with Crippen LogP contribution in [-0.4, -0.2) is 29.6 Å². The minimum Gasteiger partial charge on any atom is -0.548 e. The van der Waals surface area contributed by atoms with E-state index in [-0.39, 0.29) is 64.4 Å². The third kappa shape index (κ3) is 4.95. The van der Waals surface area contributed by atoms with E-state index < -0.39 is 23.3 Å². The van der Waals surface area contributed by atoms with Gasteiger partial charge in [0.05, 0.1) is 17.4 Å². The molecule has 0 saturated heterocycles. The van der Waals surface area contributed by atoms with Crippen molar-refractivity contribution in [3.05, 3.63) is 33.8 Å². The Kier molecular flexibility index (Phi) is 9.21. The molecule has 0 heterocycles. The standard InChI is InChI=1S/C16H19Cl2NO4.K/c17-10-3-4-11(12(18)9-10)16(6-1-2-7-16)15(23)19-13(5-8-20)14(21)22;/h3-4,9,13,20H,1-2,5-8H2,(H,19,23)(H,21,22);/q;+1/p-1/t13-;/m0./s1. The number of hydrogen-bond donors (Lipinski definition) is 2. The molecule has 1 saturated carbocycles. The van der Waals surface area contributed by atoms with E-state index in [0.29, 0.717) is 28.5 Å². The van der Waals surface area contributed by atoms with E-state index in [1.54, 1.807) is 18.2 Å². The van der Waals surface area contributed by atoms with Crippen molar-refractivity contribution in [1.82, 2.24) is 5.32 Å². The second-order valence-electron chi connectivity index (χ2n) is 5.77. The largest absolute Gasteiger partial charge is 1.00 e. The Bertz CT molecular complexity index is 606. The summed E-state index contributed by atoms with van der Waals surface area (Å²) in [5.74, 6) is -1.82. The molecule has 1 aliphatic rings. The summed E-state index contributed by atoms with van der Waals surface area (Å²) in [6.07, 6.45) is 2.77. The molecule has 1 atom stereocenters. The minimum atomic E-state index is -1.41. The van der Waals surface area contributed by atoms with Crippen LogP contribution in [0.4, 0.5) is 0 Å². The van der Waals surface area contributed by atoms with Gasteiger partial charge in [0.25, 0.3) is 0 Å². The Morgan fingerprint density at radius 2 is 1.92 bits per heavy atom. The van der Waals surface area contributed by atoms with Gasteiger partial charge in [-0.1, -0.05) is 42.1 Å². The van der Waals surface area contributed by atoms with Gasteiger partial charge in [-0.25, -0.2) is 0 Å². The van der Waals surface area contributed by atoms with Gasteiger partial charge in [0.2, 0.25) is 5.91 Å². The number of aliphatic carboxylic acids is 1. The molecule has 0 unspecified atom stereocenters. The van der Waals surface area contributed by atoms with Gasteiger partial charge in [-0.15, -0.1) is 0 Å². The van der Waals surface area contributed by atoms with Crippen LogP contribution in [0, 0.1) is 0 Å². The molecular weight excluding hydrogens is 380 g/mol. The minimum absolute atomic E-state index is 0. The van der Waals surface area contributed by atoms with Crippen LogP contribution in [0.1, 0.15) is 37.7 Å². The number of benzene rings is 1. The normalized spacial score (nSPS) is 17.0. The number of hydrogen-bond acceptors (Lipinski definition) is 4. The summed E-state index contributed by atoms with van der Waals surface area (Å²) in [5.41, 5.74) is -0.218. The van der Waals surface area contributed by atoms with Gasteiger partial charge in [0.15, 0.2) is 0 Å². The van der Waals surface area contributed by atoms with E-state index >= 15 is 0 Å². The Morgan fingerprint density at radius 3 is 2.42 bits per heavy atom. The van der Waals surface area contributed by atoms with Crippen molar-refractivity contribution in [3.63, 3.8) is 0 Å². The Morgan fingerprint density at radius 1 is 1.29 bits per heavy atom. The quantitative estimate of drug-likeness (QED) is 0.567. The smallest absolute Gasteiger partial charge is 0.548 e. The first-order valence-electron chi connectivity index (χ1n) is 7.49. The van der Waals surface area contributed by atoms with E-state index in [4.69, 9.17) is 28.3 Å². The number of aliphatic hydroxyl groups excluding tert-OH is 1. The maximum Gasteiger partial charge on any atom is 1.00 e. The predicted molar refractivity (Wildman–Crippen MR) is 85.2 cm³/mol. The zero-order valence-electron chi connectivity index (χ0n) is 13.5. The molecule has 24 heavy (non-hydrogen) atoms. The molecule has 1 amide bonds. The Hall–Kier alpha value is 0.336. The topological polar surface area (TPSA) is 89.5 Å². The van der Waals surface area contributed by atoms with Crippen molar-refractivity contribution in [2.45, 2.75) is 43.6 Å². The third-order valence-corrected chi connectivity index (χ3v) is 4.89. The summed E-state index contributed by atoms with van der Waals surface area (Å²) in [6.45, 7) is -0.354. The Labute approximate surface area is 193 Å². The van der Waals surface area contributed by atoms with Crippen LogP contribution in [0.25, 0.3) is 0 Å². The summed E-state index contributed by atoms with van der Waals surface area (Å²) >= 11 is 12.2. The molecule has 5 nitrogen and oxygen atoms in total. The maximum absolute atomic E-state index is 12.8. The Balaban J connectivity index is 0.00000288. The molecule has 2 N–H and O–H groups in total. The molecule has 1 aromatic carbocycles. The molecule has 1 aliphatic carbocycles. The van der Waals surface area contributed by atoms with Crippen molar-refractivity contribution in [1.29, 1.82) is 0 Å². The third-order valence-electron chi connectivity index (χ3n) is 4.35. The van der Waals surface area contributed by atoms with Crippen molar-refractivity contribution < 1.29 is 71.2 Å². The van der Waals surface area contributed by atoms with E-state index in [2.05, 4.69) is 5.32 Å². The summed E-state index contributed by atoms with van der Waals surface area (Å²) in [4.78, 5) is 23.9. The number of carboxylic acid groups (broad SMARTS) is 1. The van der Waals surface area contributed by atoms with Crippen LogP contribution in [0.15, 0.2) is 18.2 Å². The van der Waals surface area contributed by atoms with Gasteiger partial charge in [-0.2, -0.15) is 0 Å². The second kappa shape index (κ2) is 9.88. The summed E-state index contributed by atoms with van der Waals surface area (Å²) < 4.78 is 0. The molecule has 0 aliphatic heterocycles. The van der Waals surface area contributed by atoms with Gasteiger partial charge in [-0.3, -0.25) is 4.79 Å². The number of amides is 1. The number of rotatable bonds is 6. The van der Waals surface area contributed by atoms with Crippen molar-refractivity contribution in [2.75, 3.05) is 6.61 Å². The van der Waals surface area contributed by atoms with Crippen molar-refractivity contribution in [3.8, 4) is 0 Å². The van der Waals surface area contributed by atoms with Gasteiger partial charge >= 0.3 is 51.4 Å². The number of carbonyl (C=O) groups is 2. The van der Waals surface area contributed by atoms with Gasteiger partial charge in [0, 0.05) is 16.7 Å². The molecule has 8 heteroatoms. The second-order valence-corrected chi connectivity index (χ2v) is 6.61. The molecule has 0 bridgehead atoms. The van der Waals surface area contributed by atoms with Gasteiger partial charge in [0.1, 0.15) is 0 Å². The van der Waals surface area contributed by atoms with E-state index in [1.807, 2.05) is 0 Å². The van der Waals surface area contributed by atoms with Gasteiger partial charge < -0.3 is 20.3 Å². The molecule has 0 spiro atoms. The first kappa shape index (κ1) is 22.4. The van der Waals surface area contributed by atoms with Crippen LogP contribution in [0.5, 0.6) is 0 Å². The molecular formula is C16H18Cl2KNO4. The van der Waals surface area contributed by atoms with Crippen LogP contribution in [-0.2, 0) is 15.0 Å². The monoisotopic (exact) mass is 397 g/mol. The molecule has 1 fully saturated rings. The zero-order valence-corrected chi connectivity index (χ0v) is 18.1. The molecule has 2 rings (SSSR count). The predicted octanol–water partition coefficient (Wildman–Crippen LogP) is -1.57. The average molecular weight is 398 g/mol. The number of nitrogens with one attached hydrogen (secondary N) is 1. The van der Waals surface area contributed by atoms with E-state index in [1.165, 1.54) is 0 Å². The molecule has 126 valence electrons. The number of aliphatic hydroxyl groups is 1. The number of carboxylic acids is 1. The van der Waals surface area contributed by atoms with Crippen molar-refractivity contribution >= 4 is 35.1 Å². The summed E-state index contributed by atoms with van der Waals surface area (Å²) in [7, 11) is 0. The number of halogens is 2. The zero-order chi connectivity index (χ0) is 17.0. The van der Waals surface area contributed by atoms with Crippen LogP contribution >= 0.6 is 23.2 Å². The first-order valence-corrected chi connectivity index (χ1v) is 8.24.